The highest BCUT2D eigenvalue weighted by Crippen LogP contribution is 2.62. The van der Waals surface area contributed by atoms with Gasteiger partial charge in [-0.1, -0.05) is 12.1 Å². The molecule has 0 aliphatic heterocycles. The molecule has 0 spiro atoms. The number of rotatable bonds is 8. The Morgan fingerprint density at radius 1 is 0.568 bits per heavy atom. The molecule has 0 bridgehead atoms. The minimum absolute atomic E-state index is 0.160. The average molecular weight is 580 g/mol. The molecule has 1 rings (SSSR count). The Balaban J connectivity index is 3.62. The molecule has 0 amide bonds. The second kappa shape index (κ2) is 8.97. The van der Waals surface area contributed by atoms with Crippen LogP contribution < -0.4 is 4.74 Å². The van der Waals surface area contributed by atoms with Crippen molar-refractivity contribution in [3.63, 3.8) is 0 Å². The molecule has 1 atom stereocenters. The maximum Gasteiger partial charge on any atom is 0.460 e. The van der Waals surface area contributed by atoms with Crippen molar-refractivity contribution in [3.8, 4) is 5.75 Å². The summed E-state index contributed by atoms with van der Waals surface area (Å²) in [5.74, 6) is -40.0. The molecule has 1 aromatic carbocycles. The van der Waals surface area contributed by atoms with Gasteiger partial charge in [-0.3, -0.25) is 0 Å². The van der Waals surface area contributed by atoms with Crippen LogP contribution in [0, 0.1) is 0 Å². The molecular formula is C19H16F16O2. The average Bonchev–Trinajstić information content (AvgIpc) is 2.64. The lowest BCUT2D eigenvalue weighted by Gasteiger charge is -2.42. The molecule has 1 unspecified atom stereocenters. The fraction of sp³-hybridized carbons (Fsp3) is 0.684. The van der Waals surface area contributed by atoms with E-state index in [9.17, 15) is 75.4 Å². The zero-order chi connectivity index (χ0) is 29.9. The second-order valence-electron chi connectivity index (χ2n) is 8.77. The summed E-state index contributed by atoms with van der Waals surface area (Å²) in [6.07, 6.45) is -18.0. The van der Waals surface area contributed by atoms with E-state index in [1.807, 2.05) is 0 Å². The molecular weight excluding hydrogens is 564 g/mol. The van der Waals surface area contributed by atoms with Crippen LogP contribution in [0.4, 0.5) is 70.2 Å². The summed E-state index contributed by atoms with van der Waals surface area (Å²) in [6.45, 7) is 4.32. The van der Waals surface area contributed by atoms with Crippen molar-refractivity contribution in [3.05, 3.63) is 29.8 Å². The predicted octanol–water partition coefficient (Wildman–Crippen LogP) is 7.74. The van der Waals surface area contributed by atoms with Crippen molar-refractivity contribution >= 4 is 0 Å². The smallest absolute Gasteiger partial charge is 0.460 e. The lowest BCUT2D eigenvalue weighted by atomic mass is 9.82. The van der Waals surface area contributed by atoms with Gasteiger partial charge in [0.2, 0.25) is 0 Å². The summed E-state index contributed by atoms with van der Waals surface area (Å²) < 4.78 is 218. The molecule has 216 valence electrons. The predicted molar refractivity (Wildman–Crippen MR) is 92.2 cm³/mol. The van der Waals surface area contributed by atoms with Gasteiger partial charge in [-0.15, -0.1) is 0 Å². The number of hydrogen-bond acceptors (Lipinski definition) is 2. The first-order valence-electron chi connectivity index (χ1n) is 9.43. The van der Waals surface area contributed by atoms with Crippen LogP contribution in [0.1, 0.15) is 32.8 Å². The molecule has 0 heterocycles. The first kappa shape index (κ1) is 32.9. The van der Waals surface area contributed by atoms with E-state index in [1.54, 1.807) is 0 Å². The third-order valence-electron chi connectivity index (χ3n) is 4.70. The SMILES string of the molecule is CC(C)(C)Oc1ccc(C(O)(CC(F)(F)C(F)(F)C(F)(F)C(F)(F)C(F)(F)C(F)(F)F)C(F)(F)F)cc1. The molecule has 0 aliphatic rings. The van der Waals surface area contributed by atoms with Crippen LogP contribution in [0.5, 0.6) is 5.75 Å². The van der Waals surface area contributed by atoms with Crippen molar-refractivity contribution in [1.29, 1.82) is 0 Å². The van der Waals surface area contributed by atoms with E-state index in [0.717, 1.165) is 0 Å². The van der Waals surface area contributed by atoms with Gasteiger partial charge in [0.1, 0.15) is 11.4 Å². The van der Waals surface area contributed by atoms with E-state index in [4.69, 9.17) is 4.74 Å². The molecule has 18 heteroatoms. The lowest BCUT2D eigenvalue weighted by Crippen LogP contribution is -2.70. The van der Waals surface area contributed by atoms with Gasteiger partial charge in [-0.05, 0) is 38.5 Å². The normalized spacial score (nSPS) is 17.0. The third kappa shape index (κ3) is 5.53. The van der Waals surface area contributed by atoms with Gasteiger partial charge in [-0.2, -0.15) is 70.2 Å². The molecule has 0 radical (unpaired) electrons. The van der Waals surface area contributed by atoms with Crippen LogP contribution in [0.25, 0.3) is 0 Å². The van der Waals surface area contributed by atoms with E-state index >= 15 is 0 Å². The van der Waals surface area contributed by atoms with Crippen LogP contribution in [-0.2, 0) is 5.60 Å². The standard InChI is InChI=1S/C19H16F16O2/c1-11(2,3)37-10-6-4-9(5-7-10)12(36,18(30,31)32)8-13(20,21)14(22,23)15(24,25)16(26,27)17(28,29)19(33,34)35/h4-7,36H,8H2,1-3H3. The highest BCUT2D eigenvalue weighted by atomic mass is 19.4. The Morgan fingerprint density at radius 2 is 0.946 bits per heavy atom. The number of hydrogen-bond donors (Lipinski definition) is 1. The first-order chi connectivity index (χ1) is 15.9. The fourth-order valence-electron chi connectivity index (χ4n) is 2.75. The van der Waals surface area contributed by atoms with Crippen LogP contribution in [0.2, 0.25) is 0 Å². The number of benzene rings is 1. The Labute approximate surface area is 197 Å². The molecule has 0 fully saturated rings. The highest BCUT2D eigenvalue weighted by Gasteiger charge is 2.91. The van der Waals surface area contributed by atoms with Crippen molar-refractivity contribution in [2.24, 2.45) is 0 Å². The quantitative estimate of drug-likeness (QED) is 0.319. The molecule has 0 saturated heterocycles. The molecule has 1 N–H and O–H groups in total. The van der Waals surface area contributed by atoms with E-state index in [0.29, 0.717) is 12.1 Å². The van der Waals surface area contributed by atoms with Crippen molar-refractivity contribution < 1.29 is 80.1 Å². The maximum atomic E-state index is 14.2. The number of aliphatic hydroxyl groups is 1. The molecule has 1 aromatic rings. The Hall–Kier alpha value is -2.14. The largest absolute Gasteiger partial charge is 0.488 e. The van der Waals surface area contributed by atoms with Gasteiger partial charge in [-0.25, -0.2) is 0 Å². The van der Waals surface area contributed by atoms with Gasteiger partial charge in [0.25, 0.3) is 0 Å². The first-order valence-corrected chi connectivity index (χ1v) is 9.43. The second-order valence-corrected chi connectivity index (χ2v) is 8.77. The highest BCUT2D eigenvalue weighted by molar-refractivity contribution is 5.33. The van der Waals surface area contributed by atoms with Crippen LogP contribution in [0.3, 0.4) is 0 Å². The van der Waals surface area contributed by atoms with Crippen LogP contribution >= 0.6 is 0 Å². The zero-order valence-electron chi connectivity index (χ0n) is 18.4. The monoisotopic (exact) mass is 580 g/mol. The van der Waals surface area contributed by atoms with Gasteiger partial charge in [0.15, 0.2) is 5.60 Å². The summed E-state index contributed by atoms with van der Waals surface area (Å²) >= 11 is 0. The van der Waals surface area contributed by atoms with Crippen LogP contribution in [0.15, 0.2) is 24.3 Å². The lowest BCUT2D eigenvalue weighted by molar-refractivity contribution is -0.443. The maximum absolute atomic E-state index is 14.2. The minimum Gasteiger partial charge on any atom is -0.488 e. The summed E-state index contributed by atoms with van der Waals surface area (Å²) in [6, 6.07) is 1.49. The minimum atomic E-state index is -8.29. The molecule has 37 heavy (non-hydrogen) atoms. The topological polar surface area (TPSA) is 29.5 Å². The van der Waals surface area contributed by atoms with E-state index in [2.05, 4.69) is 0 Å². The molecule has 0 saturated carbocycles. The summed E-state index contributed by atoms with van der Waals surface area (Å²) in [5.41, 5.74) is -7.96. The number of alkyl halides is 16. The Bertz CT molecular complexity index is 941. The van der Waals surface area contributed by atoms with E-state index in [-0.39, 0.29) is 17.9 Å². The van der Waals surface area contributed by atoms with Crippen molar-refractivity contribution in [2.75, 3.05) is 0 Å². The van der Waals surface area contributed by atoms with Crippen molar-refractivity contribution in [1.82, 2.24) is 0 Å². The zero-order valence-corrected chi connectivity index (χ0v) is 18.4. The van der Waals surface area contributed by atoms with Gasteiger partial charge < -0.3 is 9.84 Å². The molecule has 2 nitrogen and oxygen atoms in total. The Kier molecular flexibility index (Phi) is 7.97. The number of ether oxygens (including phenoxy) is 1. The fourth-order valence-corrected chi connectivity index (χ4v) is 2.75. The third-order valence-corrected chi connectivity index (χ3v) is 4.70. The Morgan fingerprint density at radius 3 is 1.27 bits per heavy atom. The van der Waals surface area contributed by atoms with Crippen LogP contribution in [-0.4, -0.2) is 52.7 Å². The molecule has 0 aliphatic carbocycles. The summed E-state index contributed by atoms with van der Waals surface area (Å²) in [5, 5.41) is 9.86. The van der Waals surface area contributed by atoms with E-state index < -0.39 is 65.2 Å². The van der Waals surface area contributed by atoms with Gasteiger partial charge >= 0.3 is 42.0 Å². The van der Waals surface area contributed by atoms with Crippen molar-refractivity contribution in [2.45, 2.75) is 80.4 Å². The summed E-state index contributed by atoms with van der Waals surface area (Å²) in [4.78, 5) is 0. The summed E-state index contributed by atoms with van der Waals surface area (Å²) in [7, 11) is 0. The number of halogens is 16. The van der Waals surface area contributed by atoms with E-state index in [1.165, 1.54) is 20.8 Å². The molecule has 0 aromatic heterocycles. The van der Waals surface area contributed by atoms with Gasteiger partial charge in [0.05, 0.1) is 6.42 Å². The van der Waals surface area contributed by atoms with Gasteiger partial charge in [0, 0.05) is 0 Å².